The lowest BCUT2D eigenvalue weighted by atomic mass is 10.0. The molecular weight excluding hydrogens is 185 g/mol. The van der Waals surface area contributed by atoms with Gasteiger partial charge in [-0.15, -0.1) is 0 Å². The number of ketones is 1. The molecule has 1 aromatic rings. The van der Waals surface area contributed by atoms with Crippen molar-refractivity contribution in [3.63, 3.8) is 0 Å². The summed E-state index contributed by atoms with van der Waals surface area (Å²) in [5, 5.41) is 8.60. The molecule has 0 aromatic heterocycles. The lowest BCUT2D eigenvalue weighted by molar-refractivity contribution is 0.101. The first-order valence-electron chi connectivity index (χ1n) is 3.80. The first-order chi connectivity index (χ1) is 6.60. The zero-order chi connectivity index (χ0) is 10.7. The number of nitrogens with zero attached hydrogens (tertiary/aromatic N) is 1. The number of Topliss-reactive ketones (excluding diaryl/α,β-unsaturated/α-hetero) is 1. The molecule has 0 fully saturated rings. The van der Waals surface area contributed by atoms with Crippen LogP contribution in [0.4, 0.5) is 4.39 Å². The van der Waals surface area contributed by atoms with E-state index in [0.29, 0.717) is 6.29 Å². The van der Waals surface area contributed by atoms with E-state index in [1.807, 2.05) is 0 Å². The highest BCUT2D eigenvalue weighted by atomic mass is 19.1. The molecule has 0 heterocycles. The van der Waals surface area contributed by atoms with Gasteiger partial charge in [0.2, 0.25) is 0 Å². The number of carbonyl (C=O) groups is 2. The Bertz CT molecular complexity index is 446. The molecule has 3 nitrogen and oxygen atoms in total. The van der Waals surface area contributed by atoms with Gasteiger partial charge in [0.15, 0.2) is 12.1 Å². The standard InChI is InChI=1S/C10H6FNO2/c1-6(14)9-2-8(5-13)10(11)3-7(9)4-12/h2-3,5H,1H3. The van der Waals surface area contributed by atoms with Crippen molar-refractivity contribution in [3.05, 3.63) is 34.6 Å². The quantitative estimate of drug-likeness (QED) is 0.528. The SMILES string of the molecule is CC(=O)c1cc(C=O)c(F)cc1C#N. The summed E-state index contributed by atoms with van der Waals surface area (Å²) in [5.41, 5.74) is -0.203. The summed E-state index contributed by atoms with van der Waals surface area (Å²) < 4.78 is 13.0. The van der Waals surface area contributed by atoms with Gasteiger partial charge in [-0.1, -0.05) is 0 Å². The fourth-order valence-electron chi connectivity index (χ4n) is 1.06. The molecule has 70 valence electrons. The van der Waals surface area contributed by atoms with Crippen molar-refractivity contribution in [2.45, 2.75) is 6.92 Å². The molecule has 0 aliphatic heterocycles. The molecule has 0 saturated carbocycles. The zero-order valence-electron chi connectivity index (χ0n) is 7.37. The van der Waals surface area contributed by atoms with Gasteiger partial charge in [0.1, 0.15) is 5.82 Å². The van der Waals surface area contributed by atoms with E-state index in [0.717, 1.165) is 12.1 Å². The van der Waals surface area contributed by atoms with Crippen molar-refractivity contribution in [3.8, 4) is 6.07 Å². The Morgan fingerprint density at radius 1 is 1.57 bits per heavy atom. The molecule has 0 amide bonds. The second-order valence-corrected chi connectivity index (χ2v) is 2.71. The van der Waals surface area contributed by atoms with Gasteiger partial charge in [-0.2, -0.15) is 5.26 Å². The molecule has 0 saturated heterocycles. The van der Waals surface area contributed by atoms with Crippen molar-refractivity contribution in [1.29, 1.82) is 5.26 Å². The molecule has 0 N–H and O–H groups in total. The van der Waals surface area contributed by atoms with E-state index in [2.05, 4.69) is 0 Å². The topological polar surface area (TPSA) is 57.9 Å². The molecule has 0 atom stereocenters. The lowest BCUT2D eigenvalue weighted by Crippen LogP contribution is -2.01. The second kappa shape index (κ2) is 3.79. The van der Waals surface area contributed by atoms with Gasteiger partial charge in [-0.25, -0.2) is 4.39 Å². The first kappa shape index (κ1) is 10.1. The van der Waals surface area contributed by atoms with Crippen molar-refractivity contribution >= 4 is 12.1 Å². The van der Waals surface area contributed by atoms with Gasteiger partial charge < -0.3 is 0 Å². The van der Waals surface area contributed by atoms with E-state index < -0.39 is 5.82 Å². The molecule has 0 radical (unpaired) electrons. The summed E-state index contributed by atoms with van der Waals surface area (Å²) in [4.78, 5) is 21.4. The van der Waals surface area contributed by atoms with Crippen molar-refractivity contribution in [2.75, 3.05) is 0 Å². The number of hydrogen-bond acceptors (Lipinski definition) is 3. The van der Waals surface area contributed by atoms with Crippen LogP contribution in [-0.4, -0.2) is 12.1 Å². The smallest absolute Gasteiger partial charge is 0.161 e. The molecule has 1 rings (SSSR count). The second-order valence-electron chi connectivity index (χ2n) is 2.71. The van der Waals surface area contributed by atoms with Crippen LogP contribution in [0.15, 0.2) is 12.1 Å². The van der Waals surface area contributed by atoms with E-state index in [1.54, 1.807) is 6.07 Å². The highest BCUT2D eigenvalue weighted by Crippen LogP contribution is 2.14. The molecule has 4 heteroatoms. The molecule has 0 bridgehead atoms. The van der Waals surface area contributed by atoms with E-state index in [1.165, 1.54) is 6.92 Å². The number of aldehydes is 1. The highest BCUT2D eigenvalue weighted by molar-refractivity contribution is 5.98. The average Bonchev–Trinajstić information content (AvgIpc) is 2.16. The third-order valence-corrected chi connectivity index (χ3v) is 1.76. The van der Waals surface area contributed by atoms with Gasteiger partial charge in [-0.05, 0) is 19.1 Å². The number of halogens is 1. The third kappa shape index (κ3) is 1.67. The third-order valence-electron chi connectivity index (χ3n) is 1.76. The Morgan fingerprint density at radius 2 is 2.21 bits per heavy atom. The van der Waals surface area contributed by atoms with Crippen LogP contribution in [0.3, 0.4) is 0 Å². The zero-order valence-corrected chi connectivity index (χ0v) is 7.37. The maximum absolute atomic E-state index is 13.0. The van der Waals surface area contributed by atoms with Crippen LogP contribution in [0.5, 0.6) is 0 Å². The Hall–Kier alpha value is -2.02. The molecule has 0 aliphatic rings. The summed E-state index contributed by atoms with van der Waals surface area (Å²) in [6.07, 6.45) is 0.308. The predicted molar refractivity (Wildman–Crippen MR) is 46.5 cm³/mol. The summed E-state index contributed by atoms with van der Waals surface area (Å²) in [5.74, 6) is -1.16. The van der Waals surface area contributed by atoms with Crippen LogP contribution in [0.1, 0.15) is 33.2 Å². The normalized spacial score (nSPS) is 9.21. The molecule has 0 aliphatic carbocycles. The van der Waals surface area contributed by atoms with Crippen LogP contribution in [0.2, 0.25) is 0 Å². The van der Waals surface area contributed by atoms with Crippen molar-refractivity contribution in [2.24, 2.45) is 0 Å². The summed E-state index contributed by atoms with van der Waals surface area (Å²) in [7, 11) is 0. The van der Waals surface area contributed by atoms with Gasteiger partial charge in [-0.3, -0.25) is 9.59 Å². The van der Waals surface area contributed by atoms with Gasteiger partial charge >= 0.3 is 0 Å². The molecule has 0 unspecified atom stereocenters. The van der Waals surface area contributed by atoms with E-state index in [9.17, 15) is 14.0 Å². The predicted octanol–water partition coefficient (Wildman–Crippen LogP) is 1.71. The summed E-state index contributed by atoms with van der Waals surface area (Å²) in [6, 6.07) is 3.67. The average molecular weight is 191 g/mol. The van der Waals surface area contributed by atoms with Gasteiger partial charge in [0.05, 0.1) is 17.2 Å². The maximum Gasteiger partial charge on any atom is 0.161 e. The fourth-order valence-corrected chi connectivity index (χ4v) is 1.06. The molecule has 14 heavy (non-hydrogen) atoms. The first-order valence-corrected chi connectivity index (χ1v) is 3.80. The van der Waals surface area contributed by atoms with E-state index in [-0.39, 0.29) is 22.5 Å². The number of hydrogen-bond donors (Lipinski definition) is 0. The van der Waals surface area contributed by atoms with E-state index >= 15 is 0 Å². The minimum atomic E-state index is -0.790. The Balaban J connectivity index is 3.49. The fraction of sp³-hybridized carbons (Fsp3) is 0.100. The molecule has 0 spiro atoms. The van der Waals surface area contributed by atoms with Crippen LogP contribution in [-0.2, 0) is 0 Å². The largest absolute Gasteiger partial charge is 0.298 e. The number of nitriles is 1. The molecular formula is C10H6FNO2. The number of benzene rings is 1. The minimum absolute atomic E-state index is 0.0550. The van der Waals surface area contributed by atoms with Crippen LogP contribution in [0.25, 0.3) is 0 Å². The summed E-state index contributed by atoms with van der Waals surface area (Å²) in [6.45, 7) is 1.25. The van der Waals surface area contributed by atoms with Gasteiger partial charge in [0, 0.05) is 5.56 Å². The Kier molecular flexibility index (Phi) is 2.73. The molecule has 1 aromatic carbocycles. The Morgan fingerprint density at radius 3 is 2.64 bits per heavy atom. The van der Waals surface area contributed by atoms with Crippen molar-refractivity contribution in [1.82, 2.24) is 0 Å². The van der Waals surface area contributed by atoms with Crippen LogP contribution >= 0.6 is 0 Å². The monoisotopic (exact) mass is 191 g/mol. The highest BCUT2D eigenvalue weighted by Gasteiger charge is 2.12. The van der Waals surface area contributed by atoms with Crippen LogP contribution < -0.4 is 0 Å². The van der Waals surface area contributed by atoms with Gasteiger partial charge in [0.25, 0.3) is 0 Å². The Labute approximate surface area is 79.8 Å². The number of carbonyl (C=O) groups excluding carboxylic acids is 2. The number of rotatable bonds is 2. The summed E-state index contributed by atoms with van der Waals surface area (Å²) >= 11 is 0. The lowest BCUT2D eigenvalue weighted by Gasteiger charge is -2.01. The van der Waals surface area contributed by atoms with E-state index in [4.69, 9.17) is 5.26 Å². The maximum atomic E-state index is 13.0. The minimum Gasteiger partial charge on any atom is -0.298 e. The van der Waals surface area contributed by atoms with Crippen LogP contribution in [0, 0.1) is 17.1 Å². The van der Waals surface area contributed by atoms with Crippen molar-refractivity contribution < 1.29 is 14.0 Å².